The van der Waals surface area contributed by atoms with Crippen LogP contribution in [0.3, 0.4) is 0 Å². The van der Waals surface area contributed by atoms with Crippen LogP contribution in [0.5, 0.6) is 5.75 Å². The fraction of sp³-hybridized carbons (Fsp3) is 0.214. The molecule has 2 rings (SSSR count). The fourth-order valence-corrected chi connectivity index (χ4v) is 1.97. The summed E-state index contributed by atoms with van der Waals surface area (Å²) in [5.41, 5.74) is 7.24. The summed E-state index contributed by atoms with van der Waals surface area (Å²) in [5.74, 6) is 1.03. The summed E-state index contributed by atoms with van der Waals surface area (Å²) in [4.78, 5) is 4.38. The number of anilines is 1. The Bertz CT molecular complexity index is 619. The van der Waals surface area contributed by atoms with Crippen LogP contribution in [0.1, 0.15) is 5.82 Å². The van der Waals surface area contributed by atoms with E-state index in [-0.39, 0.29) is 5.75 Å². The summed E-state index contributed by atoms with van der Waals surface area (Å²) in [6.07, 6.45) is 1.74. The van der Waals surface area contributed by atoms with Crippen molar-refractivity contribution >= 4 is 5.82 Å². The van der Waals surface area contributed by atoms with Gasteiger partial charge in [0.15, 0.2) is 11.6 Å². The Labute approximate surface area is 111 Å². The fourth-order valence-electron chi connectivity index (χ4n) is 1.97. The minimum Gasteiger partial charge on any atom is -0.494 e. The maximum atomic E-state index is 13.7. The largest absolute Gasteiger partial charge is 0.494 e. The van der Waals surface area contributed by atoms with Crippen molar-refractivity contribution in [3.63, 3.8) is 0 Å². The molecule has 0 aliphatic rings. The van der Waals surface area contributed by atoms with Crippen LogP contribution in [0.2, 0.25) is 0 Å². The predicted octanol–water partition coefficient (Wildman–Crippen LogP) is 2.77. The van der Waals surface area contributed by atoms with Crippen LogP contribution >= 0.6 is 0 Å². The van der Waals surface area contributed by atoms with Crippen LogP contribution in [-0.4, -0.2) is 16.7 Å². The first-order chi connectivity index (χ1) is 9.08. The quantitative estimate of drug-likeness (QED) is 0.861. The molecule has 2 aromatic rings. The van der Waals surface area contributed by atoms with E-state index in [1.54, 1.807) is 18.2 Å². The van der Waals surface area contributed by atoms with Crippen LogP contribution in [0.25, 0.3) is 11.3 Å². The number of benzene rings is 1. The van der Waals surface area contributed by atoms with Gasteiger partial charge < -0.3 is 15.0 Å². The molecule has 4 nitrogen and oxygen atoms in total. The highest BCUT2D eigenvalue weighted by molar-refractivity contribution is 5.71. The van der Waals surface area contributed by atoms with Crippen LogP contribution in [0, 0.1) is 12.7 Å². The minimum absolute atomic E-state index is 0.199. The van der Waals surface area contributed by atoms with E-state index >= 15 is 0 Å². The Morgan fingerprint density at radius 3 is 2.84 bits per heavy atom. The second-order valence-electron chi connectivity index (χ2n) is 4.14. The van der Waals surface area contributed by atoms with Crippen molar-refractivity contribution in [1.29, 1.82) is 0 Å². The number of ether oxygens (including phenoxy) is 1. The van der Waals surface area contributed by atoms with Crippen molar-refractivity contribution in [2.45, 2.75) is 13.5 Å². The second-order valence-corrected chi connectivity index (χ2v) is 4.14. The molecule has 19 heavy (non-hydrogen) atoms. The van der Waals surface area contributed by atoms with E-state index in [4.69, 9.17) is 10.5 Å². The van der Waals surface area contributed by atoms with E-state index in [1.165, 1.54) is 13.2 Å². The summed E-state index contributed by atoms with van der Waals surface area (Å²) in [6.45, 7) is 6.10. The summed E-state index contributed by atoms with van der Waals surface area (Å²) < 4.78 is 20.4. The number of nitrogens with zero attached hydrogens (tertiary/aromatic N) is 2. The third kappa shape index (κ3) is 2.31. The van der Waals surface area contributed by atoms with E-state index in [9.17, 15) is 4.39 Å². The van der Waals surface area contributed by atoms with Gasteiger partial charge in [-0.3, -0.25) is 0 Å². The lowest BCUT2D eigenvalue weighted by molar-refractivity contribution is 0.386. The molecule has 0 bridgehead atoms. The summed E-state index contributed by atoms with van der Waals surface area (Å²) in [5, 5.41) is 0. The van der Waals surface area contributed by atoms with Crippen molar-refractivity contribution in [2.75, 3.05) is 12.8 Å². The second kappa shape index (κ2) is 5.14. The Morgan fingerprint density at radius 1 is 1.53 bits per heavy atom. The number of halogens is 1. The monoisotopic (exact) mass is 261 g/mol. The maximum Gasteiger partial charge on any atom is 0.165 e. The van der Waals surface area contributed by atoms with Gasteiger partial charge in [0.25, 0.3) is 0 Å². The zero-order valence-electron chi connectivity index (χ0n) is 11.0. The van der Waals surface area contributed by atoms with Gasteiger partial charge in [-0.25, -0.2) is 9.37 Å². The third-order valence-corrected chi connectivity index (χ3v) is 2.93. The Morgan fingerprint density at radius 2 is 2.26 bits per heavy atom. The average molecular weight is 261 g/mol. The molecule has 0 aliphatic carbocycles. The van der Waals surface area contributed by atoms with Crippen LogP contribution in [0.15, 0.2) is 30.9 Å². The molecule has 0 saturated carbocycles. The molecule has 0 atom stereocenters. The molecule has 0 unspecified atom stereocenters. The number of hydrogen-bond acceptors (Lipinski definition) is 3. The van der Waals surface area contributed by atoms with Gasteiger partial charge in [-0.2, -0.15) is 0 Å². The zero-order chi connectivity index (χ0) is 14.0. The highest BCUT2D eigenvalue weighted by Crippen LogP contribution is 2.29. The van der Waals surface area contributed by atoms with Gasteiger partial charge in [0.05, 0.1) is 7.11 Å². The van der Waals surface area contributed by atoms with E-state index in [1.807, 2.05) is 11.5 Å². The van der Waals surface area contributed by atoms with Gasteiger partial charge in [-0.1, -0.05) is 6.08 Å². The summed E-state index contributed by atoms with van der Waals surface area (Å²) in [7, 11) is 1.43. The van der Waals surface area contributed by atoms with Crippen molar-refractivity contribution in [3.05, 3.63) is 42.5 Å². The molecule has 5 heteroatoms. The van der Waals surface area contributed by atoms with Gasteiger partial charge in [-0.05, 0) is 25.1 Å². The van der Waals surface area contributed by atoms with E-state index < -0.39 is 5.82 Å². The minimum atomic E-state index is -0.435. The molecule has 0 saturated heterocycles. The van der Waals surface area contributed by atoms with Gasteiger partial charge in [0.2, 0.25) is 0 Å². The number of aromatic nitrogens is 2. The van der Waals surface area contributed by atoms with Crippen molar-refractivity contribution in [2.24, 2.45) is 0 Å². The Kier molecular flexibility index (Phi) is 3.55. The molecule has 0 fully saturated rings. The maximum absolute atomic E-state index is 13.7. The molecule has 1 aromatic heterocycles. The molecule has 0 radical (unpaired) electrons. The first kappa shape index (κ1) is 13.1. The van der Waals surface area contributed by atoms with Crippen LogP contribution < -0.4 is 10.5 Å². The summed E-state index contributed by atoms with van der Waals surface area (Å²) >= 11 is 0. The SMILES string of the molecule is C=CCn1c(C)nc(-c2ccc(OC)c(F)c2)c1N. The number of hydrogen-bond donors (Lipinski definition) is 1. The van der Waals surface area contributed by atoms with Gasteiger partial charge in [0.1, 0.15) is 17.3 Å². The molecular weight excluding hydrogens is 245 g/mol. The topological polar surface area (TPSA) is 53.1 Å². The van der Waals surface area contributed by atoms with Gasteiger partial charge in [0, 0.05) is 12.1 Å². The molecule has 0 aliphatic heterocycles. The number of methoxy groups -OCH3 is 1. The van der Waals surface area contributed by atoms with Crippen molar-refractivity contribution < 1.29 is 9.13 Å². The summed E-state index contributed by atoms with van der Waals surface area (Å²) in [6, 6.07) is 4.67. The molecule has 1 heterocycles. The first-order valence-corrected chi connectivity index (χ1v) is 5.86. The molecule has 2 N–H and O–H groups in total. The lowest BCUT2D eigenvalue weighted by Crippen LogP contribution is -2.03. The van der Waals surface area contributed by atoms with Gasteiger partial charge >= 0.3 is 0 Å². The first-order valence-electron chi connectivity index (χ1n) is 5.86. The number of imidazole rings is 1. The number of nitrogen functional groups attached to an aromatic ring is 1. The highest BCUT2D eigenvalue weighted by atomic mass is 19.1. The van der Waals surface area contributed by atoms with E-state index in [2.05, 4.69) is 11.6 Å². The van der Waals surface area contributed by atoms with E-state index in [0.29, 0.717) is 23.6 Å². The van der Waals surface area contributed by atoms with Gasteiger partial charge in [-0.15, -0.1) is 6.58 Å². The zero-order valence-corrected chi connectivity index (χ0v) is 11.0. The normalized spacial score (nSPS) is 10.5. The predicted molar refractivity (Wildman–Crippen MR) is 73.5 cm³/mol. The molecule has 0 spiro atoms. The lowest BCUT2D eigenvalue weighted by Gasteiger charge is -2.05. The number of allylic oxidation sites excluding steroid dienone is 1. The van der Waals surface area contributed by atoms with Crippen LogP contribution in [0.4, 0.5) is 10.2 Å². The highest BCUT2D eigenvalue weighted by Gasteiger charge is 2.14. The lowest BCUT2D eigenvalue weighted by atomic mass is 10.1. The molecule has 0 amide bonds. The smallest absolute Gasteiger partial charge is 0.165 e. The molecule has 1 aromatic carbocycles. The molecule has 100 valence electrons. The average Bonchev–Trinajstić information content (AvgIpc) is 2.67. The van der Waals surface area contributed by atoms with Crippen molar-refractivity contribution in [1.82, 2.24) is 9.55 Å². The van der Waals surface area contributed by atoms with Crippen LogP contribution in [-0.2, 0) is 6.54 Å². The molecular formula is C14H16FN3O. The number of nitrogens with two attached hydrogens (primary N) is 1. The number of aryl methyl sites for hydroxylation is 1. The third-order valence-electron chi connectivity index (χ3n) is 2.93. The standard InChI is InChI=1S/C14H16FN3O/c1-4-7-18-9(2)17-13(14(18)16)10-5-6-12(19-3)11(15)8-10/h4-6,8H,1,7,16H2,2-3H3. The van der Waals surface area contributed by atoms with E-state index in [0.717, 1.165) is 5.82 Å². The van der Waals surface area contributed by atoms with Crippen molar-refractivity contribution in [3.8, 4) is 17.0 Å². The Hall–Kier alpha value is -2.30. The Balaban J connectivity index is 2.50. The number of rotatable bonds is 4.